The van der Waals surface area contributed by atoms with Crippen molar-refractivity contribution in [2.45, 2.75) is 162 Å². The number of aliphatic hydroxyl groups is 6. The van der Waals surface area contributed by atoms with Crippen LogP contribution in [0.15, 0.2) is 59.4 Å². The van der Waals surface area contributed by atoms with Crippen LogP contribution in [0.2, 0.25) is 0 Å². The standard InChI is InChI=1S/C44H72O13/c1-13-15-33-27(6)36(55-37-21-32(45)41(49)31(10)54-37)22-44(51,57-33)30(9)40(48)29(8)42-34(52-11)17-14-16-23(2)18-25(4)38(46)28(7)39(47)26(5)19-24(3)20-35(53-12)43(50)56-42/h13-17,19-20,25-34,36-42,45-49,51H,18,21-22H2,1-12H3/b15-13+,17-14-,23-16-,24-19-,35-20+/t25-,26-,27-,28+,29+,30+,31?,32?,33-,34+,36-,37?,38+,39-,40-,41?,42-,44-/m1/s1. The van der Waals surface area contributed by atoms with Gasteiger partial charge in [-0.1, -0.05) is 89.1 Å². The molecular formula is C44H72O13. The van der Waals surface area contributed by atoms with Gasteiger partial charge in [-0.25, -0.2) is 4.79 Å². The van der Waals surface area contributed by atoms with Gasteiger partial charge in [0.15, 0.2) is 12.1 Å². The Kier molecular flexibility index (Phi) is 18.6. The molecule has 57 heavy (non-hydrogen) atoms. The second-order valence-electron chi connectivity index (χ2n) is 16.9. The minimum atomic E-state index is -1.93. The van der Waals surface area contributed by atoms with Crippen LogP contribution in [0.3, 0.4) is 0 Å². The monoisotopic (exact) mass is 808 g/mol. The predicted octanol–water partition coefficient (Wildman–Crippen LogP) is 4.49. The quantitative estimate of drug-likeness (QED) is 0.141. The number of aliphatic hydroxyl groups excluding tert-OH is 5. The van der Waals surface area contributed by atoms with Gasteiger partial charge in [0.25, 0.3) is 0 Å². The van der Waals surface area contributed by atoms with Gasteiger partial charge in [0.05, 0.1) is 49.8 Å². The second-order valence-corrected chi connectivity index (χ2v) is 16.9. The number of methoxy groups -OCH3 is 2. The smallest absolute Gasteiger partial charge is 0.373 e. The number of hydrogen-bond donors (Lipinski definition) is 6. The number of rotatable bonds is 9. The summed E-state index contributed by atoms with van der Waals surface area (Å²) in [5.41, 5.74) is 1.60. The molecule has 0 spiro atoms. The molecule has 2 saturated heterocycles. The Balaban J connectivity index is 2.01. The Morgan fingerprint density at radius 3 is 2.25 bits per heavy atom. The molecule has 3 rings (SSSR count). The van der Waals surface area contributed by atoms with E-state index in [2.05, 4.69) is 0 Å². The fraction of sp³-hybridized carbons (Fsp3) is 0.750. The normalized spacial score (nSPS) is 44.5. The van der Waals surface area contributed by atoms with E-state index in [1.165, 1.54) is 20.3 Å². The van der Waals surface area contributed by atoms with E-state index in [1.54, 1.807) is 39.8 Å². The lowest BCUT2D eigenvalue weighted by Gasteiger charge is -2.49. The van der Waals surface area contributed by atoms with Crippen LogP contribution >= 0.6 is 0 Å². The zero-order valence-corrected chi connectivity index (χ0v) is 36.0. The first-order valence-corrected chi connectivity index (χ1v) is 20.4. The van der Waals surface area contributed by atoms with Crippen molar-refractivity contribution in [3.63, 3.8) is 0 Å². The average Bonchev–Trinajstić information content (AvgIpc) is 3.16. The highest BCUT2D eigenvalue weighted by molar-refractivity contribution is 5.87. The molecule has 0 aliphatic carbocycles. The van der Waals surface area contributed by atoms with Crippen LogP contribution in [-0.4, -0.2) is 124 Å². The highest BCUT2D eigenvalue weighted by Gasteiger charge is 2.52. The molecule has 3 heterocycles. The molecule has 0 amide bonds. The lowest BCUT2D eigenvalue weighted by Crippen LogP contribution is -2.59. The number of hydrogen-bond acceptors (Lipinski definition) is 13. The van der Waals surface area contributed by atoms with Crippen LogP contribution in [0, 0.1) is 35.5 Å². The fourth-order valence-corrected chi connectivity index (χ4v) is 8.34. The Bertz CT molecular complexity index is 1430. The lowest BCUT2D eigenvalue weighted by atomic mass is 9.77. The third-order valence-electron chi connectivity index (χ3n) is 12.3. The zero-order valence-electron chi connectivity index (χ0n) is 36.0. The van der Waals surface area contributed by atoms with E-state index in [4.69, 9.17) is 28.4 Å². The summed E-state index contributed by atoms with van der Waals surface area (Å²) in [6.07, 6.45) is 3.15. The number of carbonyl (C=O) groups is 1. The van der Waals surface area contributed by atoms with Crippen molar-refractivity contribution in [3.8, 4) is 0 Å². The molecule has 326 valence electrons. The van der Waals surface area contributed by atoms with E-state index in [-0.39, 0.29) is 36.4 Å². The summed E-state index contributed by atoms with van der Waals surface area (Å²) in [6.45, 7) is 18.1. The highest BCUT2D eigenvalue weighted by Crippen LogP contribution is 2.42. The van der Waals surface area contributed by atoms with E-state index in [1.807, 2.05) is 65.8 Å². The molecule has 3 aliphatic heterocycles. The largest absolute Gasteiger partial charge is 0.490 e. The van der Waals surface area contributed by atoms with Crippen LogP contribution in [0.25, 0.3) is 0 Å². The van der Waals surface area contributed by atoms with Crippen LogP contribution in [0.5, 0.6) is 0 Å². The molecule has 0 aromatic rings. The van der Waals surface area contributed by atoms with Gasteiger partial charge in [-0.2, -0.15) is 0 Å². The van der Waals surface area contributed by atoms with Crippen molar-refractivity contribution in [2.75, 3.05) is 14.2 Å². The summed E-state index contributed by atoms with van der Waals surface area (Å²) in [6, 6.07) is 0. The minimum Gasteiger partial charge on any atom is -0.490 e. The Labute approximate surface area is 340 Å². The van der Waals surface area contributed by atoms with Gasteiger partial charge >= 0.3 is 5.97 Å². The molecule has 18 atom stereocenters. The van der Waals surface area contributed by atoms with Crippen molar-refractivity contribution in [2.24, 2.45) is 35.5 Å². The van der Waals surface area contributed by atoms with Gasteiger partial charge in [-0.05, 0) is 46.1 Å². The number of allylic oxidation sites excluding steroid dienone is 6. The Hall–Kier alpha value is -2.43. The van der Waals surface area contributed by atoms with E-state index in [0.717, 1.165) is 5.57 Å². The SMILES string of the molecule is C/C=C/[C@H]1O[C@@](O)([C@@H](C)[C@H](O)[C@H](C)[C@H]2OC(=O)/C(OC)=C\C(C)=C/[C@@H](C)[C@@H](O)[C@@H](C)[C@@H](O)[C@H](C)C/C(C)=C\C=C/[C@@H]2OC)C[C@@H](OC2CC(O)C(O)C(C)O2)[C@@H]1C. The van der Waals surface area contributed by atoms with Crippen molar-refractivity contribution in [1.29, 1.82) is 0 Å². The van der Waals surface area contributed by atoms with Crippen molar-refractivity contribution >= 4 is 5.97 Å². The summed E-state index contributed by atoms with van der Waals surface area (Å²) in [7, 11) is 2.82. The third-order valence-corrected chi connectivity index (χ3v) is 12.3. The summed E-state index contributed by atoms with van der Waals surface area (Å²) in [5.74, 6) is -5.84. The number of esters is 1. The van der Waals surface area contributed by atoms with E-state index in [0.29, 0.717) is 12.0 Å². The van der Waals surface area contributed by atoms with Crippen molar-refractivity contribution < 1.29 is 63.9 Å². The molecule has 4 unspecified atom stereocenters. The van der Waals surface area contributed by atoms with Gasteiger partial charge in [0.2, 0.25) is 5.76 Å². The Morgan fingerprint density at radius 2 is 1.65 bits per heavy atom. The van der Waals surface area contributed by atoms with Gasteiger partial charge in [0, 0.05) is 49.5 Å². The van der Waals surface area contributed by atoms with Gasteiger partial charge in [-0.15, -0.1) is 0 Å². The molecular weight excluding hydrogens is 736 g/mol. The van der Waals surface area contributed by atoms with Crippen LogP contribution in [0.4, 0.5) is 0 Å². The molecule has 13 heteroatoms. The maximum absolute atomic E-state index is 13.9. The molecule has 2 fully saturated rings. The first-order chi connectivity index (χ1) is 26.7. The highest BCUT2D eigenvalue weighted by atomic mass is 16.7. The van der Waals surface area contributed by atoms with Crippen LogP contribution in [-0.2, 0) is 33.2 Å². The molecule has 0 aromatic heterocycles. The van der Waals surface area contributed by atoms with Gasteiger partial charge in [-0.3, -0.25) is 0 Å². The van der Waals surface area contributed by atoms with Crippen LogP contribution < -0.4 is 0 Å². The summed E-state index contributed by atoms with van der Waals surface area (Å²) < 4.78 is 36.1. The fourth-order valence-electron chi connectivity index (χ4n) is 8.34. The molecule has 3 aliphatic rings. The molecule has 0 radical (unpaired) electrons. The topological polar surface area (TPSA) is 194 Å². The zero-order chi connectivity index (χ0) is 42.9. The molecule has 0 saturated carbocycles. The predicted molar refractivity (Wildman–Crippen MR) is 215 cm³/mol. The maximum atomic E-state index is 13.9. The molecule has 13 nitrogen and oxygen atoms in total. The van der Waals surface area contributed by atoms with E-state index < -0.39 is 96.8 Å². The number of ether oxygens (including phenoxy) is 6. The third kappa shape index (κ3) is 12.5. The van der Waals surface area contributed by atoms with E-state index >= 15 is 0 Å². The van der Waals surface area contributed by atoms with Crippen molar-refractivity contribution in [3.05, 3.63) is 59.4 Å². The maximum Gasteiger partial charge on any atom is 0.373 e. The molecule has 0 aromatic carbocycles. The van der Waals surface area contributed by atoms with E-state index in [9.17, 15) is 35.4 Å². The minimum absolute atomic E-state index is 0.0413. The number of cyclic esters (lactones) is 1. The number of carbonyl (C=O) groups excluding carboxylic acids is 1. The van der Waals surface area contributed by atoms with Crippen molar-refractivity contribution in [1.82, 2.24) is 0 Å². The lowest BCUT2D eigenvalue weighted by molar-refractivity contribution is -0.339. The summed E-state index contributed by atoms with van der Waals surface area (Å²) >= 11 is 0. The van der Waals surface area contributed by atoms with Gasteiger partial charge in [0.1, 0.15) is 18.3 Å². The summed E-state index contributed by atoms with van der Waals surface area (Å²) in [5, 5.41) is 67.3. The molecule has 6 N–H and O–H groups in total. The first-order valence-electron chi connectivity index (χ1n) is 20.4. The second kappa shape index (κ2) is 21.7. The molecule has 0 bridgehead atoms. The van der Waals surface area contributed by atoms with Gasteiger partial charge < -0.3 is 59.1 Å². The Morgan fingerprint density at radius 1 is 0.982 bits per heavy atom. The van der Waals surface area contributed by atoms with Crippen LogP contribution in [0.1, 0.15) is 88.5 Å². The summed E-state index contributed by atoms with van der Waals surface area (Å²) in [4.78, 5) is 13.9. The first kappa shape index (κ1) is 48.9. The average molecular weight is 809 g/mol.